The number of pyridine rings is 2. The van der Waals surface area contributed by atoms with Crippen molar-refractivity contribution in [2.75, 3.05) is 6.54 Å². The topological polar surface area (TPSA) is 101 Å². The third-order valence-corrected chi connectivity index (χ3v) is 5.08. The van der Waals surface area contributed by atoms with Crippen molar-refractivity contribution in [3.8, 4) is 0 Å². The van der Waals surface area contributed by atoms with Gasteiger partial charge in [0.05, 0.1) is 21.9 Å². The molecule has 1 aliphatic rings. The Bertz CT molecular complexity index is 1070. The maximum absolute atomic E-state index is 12.6. The van der Waals surface area contributed by atoms with Gasteiger partial charge in [0, 0.05) is 41.5 Å². The summed E-state index contributed by atoms with van der Waals surface area (Å²) in [5.74, 6) is 0.375. The van der Waals surface area contributed by atoms with Crippen molar-refractivity contribution >= 4 is 33.4 Å². The van der Waals surface area contributed by atoms with Gasteiger partial charge in [0.2, 0.25) is 0 Å². The van der Waals surface area contributed by atoms with Gasteiger partial charge in [-0.1, -0.05) is 6.07 Å². The summed E-state index contributed by atoms with van der Waals surface area (Å²) in [5, 5.41) is 6.13. The number of nitrogens with zero attached hydrogens (tertiary/aromatic N) is 3. The number of rotatable bonds is 6. The molecule has 27 heavy (non-hydrogen) atoms. The molecule has 2 N–H and O–H groups in total. The molecule has 0 saturated carbocycles. The molecule has 0 aromatic carbocycles. The Balaban J connectivity index is 1.45. The van der Waals surface area contributed by atoms with E-state index in [1.807, 2.05) is 18.3 Å². The van der Waals surface area contributed by atoms with Crippen LogP contribution in [0.5, 0.6) is 0 Å². The largest absolute Gasteiger partial charge is 0.352 e. The van der Waals surface area contributed by atoms with Crippen LogP contribution in [0.3, 0.4) is 0 Å². The Morgan fingerprint density at radius 1 is 1.26 bits per heavy atom. The molecule has 4 rings (SSSR count). The summed E-state index contributed by atoms with van der Waals surface area (Å²) in [6.07, 6.45) is 8.56. The van der Waals surface area contributed by atoms with Gasteiger partial charge in [0.1, 0.15) is 5.82 Å². The smallest absolute Gasteiger partial charge is 0.253 e. The van der Waals surface area contributed by atoms with E-state index in [4.69, 9.17) is 0 Å². The number of imidazole rings is 1. The second-order valence-corrected chi connectivity index (χ2v) is 7.23. The van der Waals surface area contributed by atoms with Crippen LogP contribution in [0, 0.1) is 0 Å². The summed E-state index contributed by atoms with van der Waals surface area (Å²) in [5.41, 5.74) is 3.40. The van der Waals surface area contributed by atoms with Crippen LogP contribution in [0.25, 0.3) is 16.7 Å². The average molecular weight is 379 g/mol. The highest BCUT2D eigenvalue weighted by Gasteiger charge is 2.16. The molecule has 1 unspecified atom stereocenters. The lowest BCUT2D eigenvalue weighted by Crippen LogP contribution is -2.25. The molecule has 3 aromatic rings. The van der Waals surface area contributed by atoms with Gasteiger partial charge in [0.15, 0.2) is 5.65 Å². The first kappa shape index (κ1) is 17.3. The van der Waals surface area contributed by atoms with Crippen molar-refractivity contribution in [2.45, 2.75) is 12.8 Å². The second-order valence-electron chi connectivity index (χ2n) is 6.07. The highest BCUT2D eigenvalue weighted by atomic mass is 32.2. The van der Waals surface area contributed by atoms with Crippen molar-refractivity contribution in [1.82, 2.24) is 25.3 Å². The minimum absolute atomic E-state index is 0.177. The number of carbonyl (C=O) groups excluding carboxylic acids is 1. The van der Waals surface area contributed by atoms with Crippen LogP contribution in [0.2, 0.25) is 0 Å². The minimum Gasteiger partial charge on any atom is -0.352 e. The molecule has 4 heterocycles. The summed E-state index contributed by atoms with van der Waals surface area (Å²) in [6, 6.07) is 5.59. The molecule has 136 valence electrons. The zero-order valence-electron chi connectivity index (χ0n) is 14.4. The van der Waals surface area contributed by atoms with Crippen molar-refractivity contribution in [2.24, 2.45) is 0 Å². The van der Waals surface area contributed by atoms with Gasteiger partial charge >= 0.3 is 0 Å². The lowest BCUT2D eigenvalue weighted by Gasteiger charge is -2.06. The molecule has 0 aliphatic carbocycles. The van der Waals surface area contributed by atoms with Gasteiger partial charge in [-0.2, -0.15) is 0 Å². The third-order valence-electron chi connectivity index (χ3n) is 4.19. The Labute approximate surface area is 158 Å². The molecule has 0 fully saturated rings. The monoisotopic (exact) mass is 379 g/mol. The summed E-state index contributed by atoms with van der Waals surface area (Å²) in [6.45, 7) is 0.561. The van der Waals surface area contributed by atoms with Crippen LogP contribution in [-0.4, -0.2) is 36.6 Å². The van der Waals surface area contributed by atoms with E-state index in [1.54, 1.807) is 35.4 Å². The number of allylic oxidation sites excluding steroid dienone is 2. The van der Waals surface area contributed by atoms with Crippen molar-refractivity contribution in [3.63, 3.8) is 0 Å². The van der Waals surface area contributed by atoms with E-state index in [0.717, 1.165) is 24.0 Å². The highest BCUT2D eigenvalue weighted by Crippen LogP contribution is 2.23. The number of hydrogen-bond donors (Lipinski definition) is 2. The molecule has 0 saturated heterocycles. The number of carbonyl (C=O) groups is 1. The fourth-order valence-corrected chi connectivity index (χ4v) is 3.65. The van der Waals surface area contributed by atoms with Crippen LogP contribution in [0.1, 0.15) is 28.2 Å². The molecule has 0 radical (unpaired) electrons. The van der Waals surface area contributed by atoms with Gasteiger partial charge in [-0.05, 0) is 36.6 Å². The lowest BCUT2D eigenvalue weighted by atomic mass is 10.1. The van der Waals surface area contributed by atoms with E-state index >= 15 is 0 Å². The molecule has 1 atom stereocenters. The number of aromatic amines is 1. The number of aromatic nitrogens is 4. The van der Waals surface area contributed by atoms with Gasteiger partial charge in [0.25, 0.3) is 5.91 Å². The molecular formula is C19H17N5O2S. The molecule has 3 aromatic heterocycles. The summed E-state index contributed by atoms with van der Waals surface area (Å²) < 4.78 is 11.5. The first-order valence-electron chi connectivity index (χ1n) is 8.52. The average Bonchev–Trinajstić information content (AvgIpc) is 3.31. The van der Waals surface area contributed by atoms with Crippen LogP contribution in [0.4, 0.5) is 0 Å². The molecule has 1 amide bonds. The first-order chi connectivity index (χ1) is 13.2. The number of nitrogens with one attached hydrogen (secondary N) is 2. The van der Waals surface area contributed by atoms with E-state index in [-0.39, 0.29) is 5.91 Å². The molecular weight excluding hydrogens is 362 g/mol. The Morgan fingerprint density at radius 2 is 2.19 bits per heavy atom. The van der Waals surface area contributed by atoms with E-state index < -0.39 is 10.8 Å². The second kappa shape index (κ2) is 7.63. The van der Waals surface area contributed by atoms with E-state index in [9.17, 15) is 9.00 Å². The van der Waals surface area contributed by atoms with Crippen molar-refractivity contribution < 1.29 is 9.00 Å². The highest BCUT2D eigenvalue weighted by molar-refractivity contribution is 7.91. The van der Waals surface area contributed by atoms with E-state index in [2.05, 4.69) is 25.3 Å². The van der Waals surface area contributed by atoms with Gasteiger partial charge in [-0.15, -0.1) is 0 Å². The van der Waals surface area contributed by atoms with Crippen LogP contribution >= 0.6 is 0 Å². The summed E-state index contributed by atoms with van der Waals surface area (Å²) in [7, 11) is -1.12. The normalized spacial score (nSPS) is 15.9. The van der Waals surface area contributed by atoms with Gasteiger partial charge in [-0.3, -0.25) is 14.0 Å². The van der Waals surface area contributed by atoms with Crippen LogP contribution in [-0.2, 0) is 17.2 Å². The number of H-pyrrole nitrogens is 1. The Morgan fingerprint density at radius 3 is 2.96 bits per heavy atom. The predicted octanol–water partition coefficient (Wildman–Crippen LogP) is 2.33. The van der Waals surface area contributed by atoms with Crippen LogP contribution in [0.15, 0.2) is 53.7 Å². The maximum Gasteiger partial charge on any atom is 0.253 e. The molecule has 8 heteroatoms. The standard InChI is InChI=1S/C19H17N5O2S/c25-19(22-8-2-4-13-3-1-7-20-11-13)15-5-9-21-18-16(15)23-17(24-18)14-6-10-27(26)12-14/h1,3,5-7,9-12H,2,4,8H2,(H,22,25)(H,21,23,24). The molecule has 1 aliphatic heterocycles. The fourth-order valence-electron chi connectivity index (χ4n) is 2.85. The van der Waals surface area contributed by atoms with Crippen molar-refractivity contribution in [3.05, 3.63) is 70.6 Å². The minimum atomic E-state index is -1.12. The third kappa shape index (κ3) is 3.85. The van der Waals surface area contributed by atoms with E-state index in [0.29, 0.717) is 29.1 Å². The van der Waals surface area contributed by atoms with Gasteiger partial charge < -0.3 is 10.3 Å². The van der Waals surface area contributed by atoms with E-state index in [1.165, 1.54) is 0 Å². The maximum atomic E-state index is 12.6. The quantitative estimate of drug-likeness (QED) is 0.640. The zero-order valence-corrected chi connectivity index (χ0v) is 15.2. The number of hydrogen-bond acceptors (Lipinski definition) is 5. The summed E-state index contributed by atoms with van der Waals surface area (Å²) in [4.78, 5) is 28.4. The SMILES string of the molecule is O=C(NCCCc1cccnc1)c1ccnc2nc(C3=CS(=O)C=C3)[nH]c12. The first-order valence-corrected chi connectivity index (χ1v) is 9.80. The Hall–Kier alpha value is -3.13. The zero-order chi connectivity index (χ0) is 18.6. The summed E-state index contributed by atoms with van der Waals surface area (Å²) >= 11 is 0. The molecule has 0 bridgehead atoms. The lowest BCUT2D eigenvalue weighted by molar-refractivity contribution is 0.0954. The fraction of sp³-hybridized carbons (Fsp3) is 0.158. The molecule has 0 spiro atoms. The van der Waals surface area contributed by atoms with Crippen LogP contribution < -0.4 is 5.32 Å². The number of fused-ring (bicyclic) bond motifs is 1. The van der Waals surface area contributed by atoms with Gasteiger partial charge in [-0.25, -0.2) is 9.97 Å². The van der Waals surface area contributed by atoms with Crippen molar-refractivity contribution in [1.29, 1.82) is 0 Å². The Kier molecular flexibility index (Phi) is 4.88. The predicted molar refractivity (Wildman–Crippen MR) is 104 cm³/mol. The number of amides is 1. The number of aryl methyl sites for hydroxylation is 1. The molecule has 7 nitrogen and oxygen atoms in total.